The Balaban J connectivity index is 0.00000169. The Morgan fingerprint density at radius 2 is 1.93 bits per heavy atom. The maximum absolute atomic E-state index is 10.3. The molecular formula is C8H11ClN2O3. The molecule has 5 nitrogen and oxygen atoms in total. The molecular weight excluding hydrogens is 208 g/mol. The standard InChI is InChI=1S/C8H10N2O3.ClH/c9-8(5-11)6-1-3-7(4-2-6)10(12)13;/h1-4,8,11H,5,9H2;1H/t8-;/m0./s1. The highest BCUT2D eigenvalue weighted by molar-refractivity contribution is 5.85. The van der Waals surface area contributed by atoms with E-state index in [1.807, 2.05) is 0 Å². The number of nitrogens with two attached hydrogens (primary N) is 1. The van der Waals surface area contributed by atoms with E-state index in [2.05, 4.69) is 0 Å². The number of hydrogen-bond donors (Lipinski definition) is 2. The normalized spacial score (nSPS) is 11.6. The Morgan fingerprint density at radius 1 is 1.43 bits per heavy atom. The average Bonchev–Trinajstić information content (AvgIpc) is 2.17. The Kier molecular flexibility index (Phi) is 5.07. The van der Waals surface area contributed by atoms with Crippen molar-refractivity contribution in [3.8, 4) is 0 Å². The zero-order chi connectivity index (χ0) is 9.84. The van der Waals surface area contributed by atoms with Crippen molar-refractivity contribution in [1.29, 1.82) is 0 Å². The van der Waals surface area contributed by atoms with Crippen LogP contribution in [0.3, 0.4) is 0 Å². The van der Waals surface area contributed by atoms with Crippen molar-refractivity contribution >= 4 is 18.1 Å². The van der Waals surface area contributed by atoms with E-state index >= 15 is 0 Å². The monoisotopic (exact) mass is 218 g/mol. The zero-order valence-corrected chi connectivity index (χ0v) is 8.11. The minimum absolute atomic E-state index is 0. The fourth-order valence-corrected chi connectivity index (χ4v) is 0.949. The third kappa shape index (κ3) is 2.95. The number of rotatable bonds is 3. The molecule has 0 saturated carbocycles. The van der Waals surface area contributed by atoms with Gasteiger partial charge in [-0.2, -0.15) is 0 Å². The second kappa shape index (κ2) is 5.54. The minimum atomic E-state index is -0.478. The van der Waals surface area contributed by atoms with Gasteiger partial charge in [0.1, 0.15) is 0 Å². The van der Waals surface area contributed by atoms with Gasteiger partial charge in [-0.3, -0.25) is 10.1 Å². The molecule has 0 amide bonds. The zero-order valence-electron chi connectivity index (χ0n) is 7.29. The molecule has 0 aliphatic heterocycles. The van der Waals surface area contributed by atoms with Crippen molar-refractivity contribution in [2.45, 2.75) is 6.04 Å². The van der Waals surface area contributed by atoms with Crippen LogP contribution in [0.15, 0.2) is 24.3 Å². The second-order valence-corrected chi connectivity index (χ2v) is 2.64. The van der Waals surface area contributed by atoms with E-state index in [0.29, 0.717) is 5.56 Å². The predicted octanol–water partition coefficient (Wildman–Crippen LogP) is 1.01. The van der Waals surface area contributed by atoms with Gasteiger partial charge in [0.15, 0.2) is 0 Å². The Hall–Kier alpha value is -1.17. The molecule has 0 saturated heterocycles. The van der Waals surface area contributed by atoms with Crippen molar-refractivity contribution in [3.63, 3.8) is 0 Å². The van der Waals surface area contributed by atoms with Crippen LogP contribution < -0.4 is 5.73 Å². The first-order chi connectivity index (χ1) is 6.15. The van der Waals surface area contributed by atoms with Crippen molar-refractivity contribution in [2.75, 3.05) is 6.61 Å². The van der Waals surface area contributed by atoms with Crippen molar-refractivity contribution in [2.24, 2.45) is 5.73 Å². The lowest BCUT2D eigenvalue weighted by Gasteiger charge is -2.06. The number of nitro groups is 1. The summed E-state index contributed by atoms with van der Waals surface area (Å²) in [6, 6.07) is 5.34. The van der Waals surface area contributed by atoms with Gasteiger partial charge >= 0.3 is 0 Å². The van der Waals surface area contributed by atoms with Crippen LogP contribution in [0.2, 0.25) is 0 Å². The molecule has 3 N–H and O–H groups in total. The summed E-state index contributed by atoms with van der Waals surface area (Å²) in [5.74, 6) is 0. The van der Waals surface area contributed by atoms with E-state index in [1.54, 1.807) is 12.1 Å². The quantitative estimate of drug-likeness (QED) is 0.585. The average molecular weight is 219 g/mol. The lowest BCUT2D eigenvalue weighted by atomic mass is 10.1. The van der Waals surface area contributed by atoms with E-state index in [1.165, 1.54) is 12.1 Å². The van der Waals surface area contributed by atoms with Gasteiger partial charge in [0.2, 0.25) is 0 Å². The van der Waals surface area contributed by atoms with E-state index < -0.39 is 11.0 Å². The van der Waals surface area contributed by atoms with Gasteiger partial charge in [-0.15, -0.1) is 12.4 Å². The smallest absolute Gasteiger partial charge is 0.269 e. The molecule has 0 aromatic heterocycles. The van der Waals surface area contributed by atoms with E-state index in [9.17, 15) is 10.1 Å². The van der Waals surface area contributed by atoms with E-state index in [4.69, 9.17) is 10.8 Å². The molecule has 0 spiro atoms. The van der Waals surface area contributed by atoms with E-state index in [-0.39, 0.29) is 24.7 Å². The molecule has 0 fully saturated rings. The highest BCUT2D eigenvalue weighted by atomic mass is 35.5. The molecule has 1 atom stereocenters. The number of nitro benzene ring substituents is 1. The molecule has 0 aliphatic carbocycles. The minimum Gasteiger partial charge on any atom is -0.394 e. The van der Waals surface area contributed by atoms with Crippen LogP contribution in [0.1, 0.15) is 11.6 Å². The summed E-state index contributed by atoms with van der Waals surface area (Å²) in [5.41, 5.74) is 6.21. The van der Waals surface area contributed by atoms with Crippen LogP contribution >= 0.6 is 12.4 Å². The molecule has 0 bridgehead atoms. The van der Waals surface area contributed by atoms with Crippen molar-refractivity contribution in [3.05, 3.63) is 39.9 Å². The Bertz CT molecular complexity index is 302. The molecule has 1 rings (SSSR count). The summed E-state index contributed by atoms with van der Waals surface area (Å²) in [7, 11) is 0. The summed E-state index contributed by atoms with van der Waals surface area (Å²) in [6.07, 6.45) is 0. The second-order valence-electron chi connectivity index (χ2n) is 2.64. The van der Waals surface area contributed by atoms with Crippen molar-refractivity contribution in [1.82, 2.24) is 0 Å². The predicted molar refractivity (Wildman–Crippen MR) is 54.4 cm³/mol. The van der Waals surface area contributed by atoms with Gasteiger partial charge in [0, 0.05) is 12.1 Å². The molecule has 6 heteroatoms. The van der Waals surface area contributed by atoms with E-state index in [0.717, 1.165) is 0 Å². The Labute approximate surface area is 87.1 Å². The fraction of sp³-hybridized carbons (Fsp3) is 0.250. The summed E-state index contributed by atoms with van der Waals surface area (Å²) in [5, 5.41) is 19.0. The number of aliphatic hydroxyl groups is 1. The first-order valence-electron chi connectivity index (χ1n) is 3.76. The third-order valence-electron chi connectivity index (χ3n) is 1.73. The molecule has 0 heterocycles. The van der Waals surface area contributed by atoms with Gasteiger partial charge in [-0.25, -0.2) is 0 Å². The van der Waals surface area contributed by atoms with Crippen LogP contribution in [-0.2, 0) is 0 Å². The molecule has 0 radical (unpaired) electrons. The maximum atomic E-state index is 10.3. The molecule has 1 aromatic carbocycles. The van der Waals surface area contributed by atoms with Gasteiger partial charge < -0.3 is 10.8 Å². The number of aliphatic hydroxyl groups excluding tert-OH is 1. The SMILES string of the molecule is Cl.N[C@@H](CO)c1ccc([N+](=O)[O-])cc1. The first-order valence-corrected chi connectivity index (χ1v) is 3.76. The Morgan fingerprint density at radius 3 is 2.29 bits per heavy atom. The third-order valence-corrected chi connectivity index (χ3v) is 1.73. The molecule has 14 heavy (non-hydrogen) atoms. The maximum Gasteiger partial charge on any atom is 0.269 e. The molecule has 0 unspecified atom stereocenters. The summed E-state index contributed by atoms with van der Waals surface area (Å²) >= 11 is 0. The number of nitrogens with zero attached hydrogens (tertiary/aromatic N) is 1. The van der Waals surface area contributed by atoms with Crippen LogP contribution in [0.4, 0.5) is 5.69 Å². The highest BCUT2D eigenvalue weighted by Crippen LogP contribution is 2.15. The first kappa shape index (κ1) is 12.8. The lowest BCUT2D eigenvalue weighted by molar-refractivity contribution is -0.384. The summed E-state index contributed by atoms with van der Waals surface area (Å²) in [6.45, 7) is -0.169. The van der Waals surface area contributed by atoms with Gasteiger partial charge in [0.25, 0.3) is 5.69 Å². The number of halogens is 1. The van der Waals surface area contributed by atoms with Crippen LogP contribution in [0.5, 0.6) is 0 Å². The summed E-state index contributed by atoms with van der Waals surface area (Å²) in [4.78, 5) is 9.80. The fourth-order valence-electron chi connectivity index (χ4n) is 0.949. The van der Waals surface area contributed by atoms with Crippen molar-refractivity contribution < 1.29 is 10.0 Å². The number of non-ortho nitro benzene ring substituents is 1. The topological polar surface area (TPSA) is 89.4 Å². The largest absolute Gasteiger partial charge is 0.394 e. The highest BCUT2D eigenvalue weighted by Gasteiger charge is 2.07. The van der Waals surface area contributed by atoms with Gasteiger partial charge in [0.05, 0.1) is 17.6 Å². The van der Waals surface area contributed by atoms with Crippen LogP contribution in [0.25, 0.3) is 0 Å². The van der Waals surface area contributed by atoms with Crippen LogP contribution in [-0.4, -0.2) is 16.6 Å². The molecule has 1 aromatic rings. The van der Waals surface area contributed by atoms with Gasteiger partial charge in [-0.1, -0.05) is 12.1 Å². The lowest BCUT2D eigenvalue weighted by Crippen LogP contribution is -2.14. The number of hydrogen-bond acceptors (Lipinski definition) is 4. The number of benzene rings is 1. The van der Waals surface area contributed by atoms with Crippen LogP contribution in [0, 0.1) is 10.1 Å². The van der Waals surface area contributed by atoms with Gasteiger partial charge in [-0.05, 0) is 5.56 Å². The summed E-state index contributed by atoms with van der Waals surface area (Å²) < 4.78 is 0. The molecule has 0 aliphatic rings. The molecule has 78 valence electrons.